The number of halogens is 1. The lowest BCUT2D eigenvalue weighted by atomic mass is 10.2. The largest absolute Gasteiger partial charge is 0.493 e. The van der Waals surface area contributed by atoms with Crippen molar-refractivity contribution in [1.29, 1.82) is 0 Å². The van der Waals surface area contributed by atoms with Gasteiger partial charge in [-0.3, -0.25) is 0 Å². The van der Waals surface area contributed by atoms with Crippen molar-refractivity contribution in [1.82, 2.24) is 0 Å². The summed E-state index contributed by atoms with van der Waals surface area (Å²) in [5, 5.41) is 9.37. The molecule has 0 aliphatic heterocycles. The summed E-state index contributed by atoms with van der Waals surface area (Å²) in [4.78, 5) is 0. The Bertz CT molecular complexity index is 350. The van der Waals surface area contributed by atoms with Crippen LogP contribution < -0.4 is 9.47 Å². The Balaban J connectivity index is 2.85. The second-order valence-corrected chi connectivity index (χ2v) is 3.48. The van der Waals surface area contributed by atoms with Crippen molar-refractivity contribution in [3.05, 3.63) is 35.4 Å². The fourth-order valence-corrected chi connectivity index (χ4v) is 1.14. The minimum absolute atomic E-state index is 0.0395. The molecule has 0 fully saturated rings. The summed E-state index contributed by atoms with van der Waals surface area (Å²) >= 11 is 5.59. The zero-order chi connectivity index (χ0) is 11.3. The van der Waals surface area contributed by atoms with E-state index in [1.165, 1.54) is 0 Å². The van der Waals surface area contributed by atoms with Gasteiger partial charge in [-0.25, -0.2) is 0 Å². The molecule has 0 aliphatic carbocycles. The van der Waals surface area contributed by atoms with E-state index in [0.29, 0.717) is 16.5 Å². The van der Waals surface area contributed by atoms with Crippen LogP contribution in [0.1, 0.15) is 5.56 Å². The molecule has 0 saturated carbocycles. The van der Waals surface area contributed by atoms with E-state index in [9.17, 15) is 0 Å². The summed E-state index contributed by atoms with van der Waals surface area (Å²) in [7, 11) is 1.55. The van der Waals surface area contributed by atoms with Gasteiger partial charge < -0.3 is 14.6 Å². The van der Waals surface area contributed by atoms with E-state index in [1.54, 1.807) is 25.3 Å². The Morgan fingerprint density at radius 3 is 2.73 bits per heavy atom. The molecule has 0 aliphatic rings. The first-order valence-electron chi connectivity index (χ1n) is 4.41. The molecule has 1 rings (SSSR count). The summed E-state index contributed by atoms with van der Waals surface area (Å²) in [5.41, 5.74) is 0.756. The predicted octanol–water partition coefficient (Wildman–Crippen LogP) is 2.32. The van der Waals surface area contributed by atoms with E-state index in [2.05, 4.69) is 6.58 Å². The maximum Gasteiger partial charge on any atom is 0.162 e. The van der Waals surface area contributed by atoms with E-state index in [-0.39, 0.29) is 13.2 Å². The highest BCUT2D eigenvalue weighted by Gasteiger charge is 2.05. The van der Waals surface area contributed by atoms with Gasteiger partial charge in [-0.05, 0) is 17.7 Å². The Hall–Kier alpha value is -1.19. The molecule has 0 unspecified atom stereocenters. The average molecular weight is 229 g/mol. The first-order valence-corrected chi connectivity index (χ1v) is 4.79. The van der Waals surface area contributed by atoms with Gasteiger partial charge in [0, 0.05) is 5.03 Å². The normalized spacial score (nSPS) is 9.80. The quantitative estimate of drug-likeness (QED) is 0.841. The van der Waals surface area contributed by atoms with Gasteiger partial charge in [-0.2, -0.15) is 0 Å². The number of rotatable bonds is 5. The molecular formula is C11H13ClO3. The topological polar surface area (TPSA) is 38.7 Å². The maximum absolute atomic E-state index is 8.96. The summed E-state index contributed by atoms with van der Waals surface area (Å²) in [6.07, 6.45) is 0. The minimum Gasteiger partial charge on any atom is -0.493 e. The van der Waals surface area contributed by atoms with Gasteiger partial charge >= 0.3 is 0 Å². The van der Waals surface area contributed by atoms with Gasteiger partial charge in [0.25, 0.3) is 0 Å². The Morgan fingerprint density at radius 2 is 2.20 bits per heavy atom. The van der Waals surface area contributed by atoms with Crippen LogP contribution in [0.2, 0.25) is 0 Å². The highest BCUT2D eigenvalue weighted by Crippen LogP contribution is 2.28. The number of hydrogen-bond acceptors (Lipinski definition) is 3. The zero-order valence-corrected chi connectivity index (χ0v) is 9.25. The molecule has 0 atom stereocenters. The SMILES string of the molecule is C=C(Cl)COc1cc(CO)ccc1OC. The predicted molar refractivity (Wildman–Crippen MR) is 59.4 cm³/mol. The maximum atomic E-state index is 8.96. The van der Waals surface area contributed by atoms with E-state index < -0.39 is 0 Å². The molecule has 82 valence electrons. The monoisotopic (exact) mass is 228 g/mol. The average Bonchev–Trinajstić information content (AvgIpc) is 2.25. The lowest BCUT2D eigenvalue weighted by Crippen LogP contribution is -1.99. The molecule has 0 spiro atoms. The molecule has 0 radical (unpaired) electrons. The van der Waals surface area contributed by atoms with E-state index in [1.807, 2.05) is 0 Å². The highest BCUT2D eigenvalue weighted by molar-refractivity contribution is 6.29. The number of aliphatic hydroxyl groups excluding tert-OH is 1. The highest BCUT2D eigenvalue weighted by atomic mass is 35.5. The van der Waals surface area contributed by atoms with Gasteiger partial charge in [0.05, 0.1) is 13.7 Å². The van der Waals surface area contributed by atoms with Crippen LogP contribution in [0.3, 0.4) is 0 Å². The third-order valence-electron chi connectivity index (χ3n) is 1.79. The molecule has 3 nitrogen and oxygen atoms in total. The zero-order valence-electron chi connectivity index (χ0n) is 8.50. The molecular weight excluding hydrogens is 216 g/mol. The van der Waals surface area contributed by atoms with Crippen LogP contribution in [-0.2, 0) is 6.61 Å². The molecule has 0 saturated heterocycles. The minimum atomic E-state index is -0.0395. The standard InChI is InChI=1S/C11H13ClO3/c1-8(12)7-15-11-5-9(6-13)3-4-10(11)14-2/h3-5,13H,1,6-7H2,2H3. The lowest BCUT2D eigenvalue weighted by molar-refractivity contribution is 0.279. The second kappa shape index (κ2) is 5.63. The molecule has 0 aromatic heterocycles. The molecule has 0 amide bonds. The van der Waals surface area contributed by atoms with Crippen LogP contribution in [0.5, 0.6) is 11.5 Å². The first kappa shape index (κ1) is 11.9. The second-order valence-electron chi connectivity index (χ2n) is 2.95. The van der Waals surface area contributed by atoms with Gasteiger partial charge in [-0.15, -0.1) is 0 Å². The van der Waals surface area contributed by atoms with Crippen molar-refractivity contribution in [2.45, 2.75) is 6.61 Å². The van der Waals surface area contributed by atoms with Gasteiger partial charge in [0.15, 0.2) is 11.5 Å². The summed E-state index contributed by atoms with van der Waals surface area (Å²) in [6, 6.07) is 5.21. The number of hydrogen-bond donors (Lipinski definition) is 1. The van der Waals surface area contributed by atoms with Crippen molar-refractivity contribution in [2.75, 3.05) is 13.7 Å². The summed E-state index contributed by atoms with van der Waals surface area (Å²) < 4.78 is 10.5. The molecule has 0 heterocycles. The third-order valence-corrected chi connectivity index (χ3v) is 1.90. The fourth-order valence-electron chi connectivity index (χ4n) is 1.09. The first-order chi connectivity index (χ1) is 7.17. The van der Waals surface area contributed by atoms with Crippen LogP contribution in [0.25, 0.3) is 0 Å². The van der Waals surface area contributed by atoms with Crippen LogP contribution in [-0.4, -0.2) is 18.8 Å². The van der Waals surface area contributed by atoms with Crippen molar-refractivity contribution in [3.8, 4) is 11.5 Å². The van der Waals surface area contributed by atoms with E-state index in [4.69, 9.17) is 26.2 Å². The van der Waals surface area contributed by atoms with Crippen LogP contribution in [0.4, 0.5) is 0 Å². The van der Waals surface area contributed by atoms with Crippen molar-refractivity contribution >= 4 is 11.6 Å². The molecule has 15 heavy (non-hydrogen) atoms. The number of aliphatic hydroxyl groups is 1. The fraction of sp³-hybridized carbons (Fsp3) is 0.273. The van der Waals surface area contributed by atoms with Gasteiger partial charge in [-0.1, -0.05) is 24.2 Å². The number of methoxy groups -OCH3 is 1. The van der Waals surface area contributed by atoms with Crippen LogP contribution >= 0.6 is 11.6 Å². The summed E-state index contributed by atoms with van der Waals surface area (Å²) in [5.74, 6) is 1.15. The Morgan fingerprint density at radius 1 is 1.47 bits per heavy atom. The van der Waals surface area contributed by atoms with Crippen LogP contribution in [0.15, 0.2) is 29.8 Å². The van der Waals surface area contributed by atoms with Gasteiger partial charge in [0.2, 0.25) is 0 Å². The molecule has 1 aromatic rings. The molecule has 0 bridgehead atoms. The van der Waals surface area contributed by atoms with Crippen molar-refractivity contribution < 1.29 is 14.6 Å². The van der Waals surface area contributed by atoms with Gasteiger partial charge in [0.1, 0.15) is 6.61 Å². The van der Waals surface area contributed by atoms with E-state index in [0.717, 1.165) is 5.56 Å². The molecule has 1 N–H and O–H groups in total. The Kier molecular flexibility index (Phi) is 4.46. The van der Waals surface area contributed by atoms with Crippen molar-refractivity contribution in [3.63, 3.8) is 0 Å². The summed E-state index contributed by atoms with van der Waals surface area (Å²) in [6.45, 7) is 3.69. The number of ether oxygens (including phenoxy) is 2. The lowest BCUT2D eigenvalue weighted by Gasteiger charge is -2.10. The van der Waals surface area contributed by atoms with Crippen molar-refractivity contribution in [2.24, 2.45) is 0 Å². The Labute approximate surface area is 93.9 Å². The smallest absolute Gasteiger partial charge is 0.162 e. The van der Waals surface area contributed by atoms with Crippen LogP contribution in [0, 0.1) is 0 Å². The molecule has 1 aromatic carbocycles. The third kappa shape index (κ3) is 3.46. The van der Waals surface area contributed by atoms with E-state index >= 15 is 0 Å². The molecule has 4 heteroatoms. The number of benzene rings is 1.